The van der Waals surface area contributed by atoms with Crippen molar-refractivity contribution < 1.29 is 13.5 Å². The Morgan fingerprint density at radius 2 is 2.23 bits per heavy atom. The monoisotopic (exact) mass is 204 g/mol. The third-order valence-corrected chi connectivity index (χ3v) is 4.92. The molecule has 1 fully saturated rings. The first-order valence-corrected chi connectivity index (χ1v) is 6.23. The van der Waals surface area contributed by atoms with Crippen molar-refractivity contribution in [1.82, 2.24) is 0 Å². The summed E-state index contributed by atoms with van der Waals surface area (Å²) in [5, 5.41) is 8.63. The molecule has 0 bridgehead atoms. The second-order valence-electron chi connectivity index (χ2n) is 3.55. The van der Waals surface area contributed by atoms with Gasteiger partial charge in [0.25, 0.3) is 0 Å². The maximum Gasteiger partial charge on any atom is 0.153 e. The van der Waals surface area contributed by atoms with Crippen LogP contribution in [0.2, 0.25) is 0 Å². The molecule has 1 rings (SSSR count). The summed E-state index contributed by atoms with van der Waals surface area (Å²) in [7, 11) is -2.95. The number of aliphatic hydroxyl groups excluding tert-OH is 1. The van der Waals surface area contributed by atoms with E-state index in [-0.39, 0.29) is 23.5 Å². The molecule has 0 radical (unpaired) electrons. The summed E-state index contributed by atoms with van der Waals surface area (Å²) in [4.78, 5) is 0. The Hall–Kier alpha value is -0.350. The van der Waals surface area contributed by atoms with Crippen LogP contribution in [-0.4, -0.2) is 31.1 Å². The van der Waals surface area contributed by atoms with Crippen LogP contribution < -0.4 is 0 Å². The van der Waals surface area contributed by atoms with Crippen LogP contribution in [0.1, 0.15) is 19.8 Å². The minimum Gasteiger partial charge on any atom is -0.396 e. The Bertz CT molecular complexity index is 292. The molecule has 0 aliphatic heterocycles. The first-order valence-electron chi connectivity index (χ1n) is 4.51. The van der Waals surface area contributed by atoms with Crippen molar-refractivity contribution in [3.63, 3.8) is 0 Å². The topological polar surface area (TPSA) is 54.4 Å². The normalized spacial score (nSPS) is 29.5. The molecule has 13 heavy (non-hydrogen) atoms. The summed E-state index contributed by atoms with van der Waals surface area (Å²) in [6, 6.07) is 0. The molecule has 0 amide bonds. The largest absolute Gasteiger partial charge is 0.396 e. The molecule has 0 heterocycles. The van der Waals surface area contributed by atoms with Crippen molar-refractivity contribution >= 4 is 9.84 Å². The van der Waals surface area contributed by atoms with Gasteiger partial charge in [-0.25, -0.2) is 8.42 Å². The van der Waals surface area contributed by atoms with E-state index in [1.807, 2.05) is 0 Å². The molecular formula is C9H16O3S. The number of sulfone groups is 1. The molecular weight excluding hydrogens is 188 g/mol. The average molecular weight is 204 g/mol. The summed E-state index contributed by atoms with van der Waals surface area (Å²) in [6.45, 7) is 5.46. The van der Waals surface area contributed by atoms with Gasteiger partial charge in [0.05, 0.1) is 5.25 Å². The Morgan fingerprint density at radius 3 is 2.62 bits per heavy atom. The lowest BCUT2D eigenvalue weighted by Crippen LogP contribution is -2.20. The highest BCUT2D eigenvalue weighted by atomic mass is 32.2. The van der Waals surface area contributed by atoms with E-state index in [4.69, 9.17) is 5.11 Å². The highest BCUT2D eigenvalue weighted by molar-refractivity contribution is 7.92. The van der Waals surface area contributed by atoms with Crippen LogP contribution in [0.4, 0.5) is 0 Å². The van der Waals surface area contributed by atoms with Crippen molar-refractivity contribution in [2.45, 2.75) is 25.0 Å². The second-order valence-corrected chi connectivity index (χ2v) is 6.12. The van der Waals surface area contributed by atoms with Crippen LogP contribution in [0.3, 0.4) is 0 Å². The lowest BCUT2D eigenvalue weighted by Gasteiger charge is -2.08. The summed E-state index contributed by atoms with van der Waals surface area (Å²) in [5.41, 5.74) is 0.879. The Balaban J connectivity index is 2.74. The van der Waals surface area contributed by atoms with Crippen LogP contribution in [0.15, 0.2) is 12.2 Å². The van der Waals surface area contributed by atoms with E-state index < -0.39 is 9.84 Å². The van der Waals surface area contributed by atoms with Gasteiger partial charge >= 0.3 is 0 Å². The maximum absolute atomic E-state index is 11.5. The van der Waals surface area contributed by atoms with E-state index >= 15 is 0 Å². The molecule has 1 saturated carbocycles. The Morgan fingerprint density at radius 1 is 1.62 bits per heavy atom. The standard InChI is InChI=1S/C9H16O3S/c1-3-13(11,12)9-4-7(2)8(5-9)6-10/h8-10H,2-6H2,1H3/t8-,9-/m1/s1. The fourth-order valence-corrected chi connectivity index (χ4v) is 3.20. The van der Waals surface area contributed by atoms with Gasteiger partial charge in [-0.05, 0) is 12.8 Å². The van der Waals surface area contributed by atoms with Crippen molar-refractivity contribution in [2.75, 3.05) is 12.4 Å². The fourth-order valence-electron chi connectivity index (χ4n) is 1.74. The maximum atomic E-state index is 11.5. The van der Waals surface area contributed by atoms with Crippen molar-refractivity contribution in [1.29, 1.82) is 0 Å². The van der Waals surface area contributed by atoms with Gasteiger partial charge in [-0.3, -0.25) is 0 Å². The van der Waals surface area contributed by atoms with E-state index in [0.29, 0.717) is 12.8 Å². The van der Waals surface area contributed by atoms with Crippen LogP contribution in [0.25, 0.3) is 0 Å². The third kappa shape index (κ3) is 2.11. The molecule has 0 spiro atoms. The van der Waals surface area contributed by atoms with Crippen LogP contribution in [-0.2, 0) is 9.84 Å². The zero-order valence-corrected chi connectivity index (χ0v) is 8.68. The molecule has 0 saturated heterocycles. The number of hydrogen-bond acceptors (Lipinski definition) is 3. The number of hydrogen-bond donors (Lipinski definition) is 1. The number of aliphatic hydroxyl groups is 1. The zero-order chi connectivity index (χ0) is 10.1. The van der Waals surface area contributed by atoms with E-state index in [2.05, 4.69) is 6.58 Å². The zero-order valence-electron chi connectivity index (χ0n) is 7.86. The van der Waals surface area contributed by atoms with Crippen molar-refractivity contribution in [3.05, 3.63) is 12.2 Å². The Labute approximate surface area is 79.4 Å². The second kappa shape index (κ2) is 3.80. The number of rotatable bonds is 3. The lowest BCUT2D eigenvalue weighted by atomic mass is 10.1. The SMILES string of the molecule is C=C1C[C@@H](S(=O)(=O)CC)C[C@@H]1CO. The molecule has 1 aliphatic rings. The third-order valence-electron chi connectivity index (χ3n) is 2.75. The van der Waals surface area contributed by atoms with Crippen molar-refractivity contribution in [2.24, 2.45) is 5.92 Å². The molecule has 4 heteroatoms. The first-order chi connectivity index (χ1) is 6.01. The first kappa shape index (κ1) is 10.7. The van der Waals surface area contributed by atoms with E-state index in [0.717, 1.165) is 5.57 Å². The summed E-state index contributed by atoms with van der Waals surface area (Å²) in [6.07, 6.45) is 1.08. The van der Waals surface area contributed by atoms with Crippen LogP contribution >= 0.6 is 0 Å². The van der Waals surface area contributed by atoms with E-state index in [1.54, 1.807) is 6.92 Å². The summed E-state index contributed by atoms with van der Waals surface area (Å²) < 4.78 is 23.0. The molecule has 0 aromatic heterocycles. The molecule has 1 N–H and O–H groups in total. The molecule has 0 unspecified atom stereocenters. The summed E-state index contributed by atoms with van der Waals surface area (Å²) >= 11 is 0. The predicted molar refractivity (Wildman–Crippen MR) is 52.2 cm³/mol. The molecule has 0 aromatic rings. The van der Waals surface area contributed by atoms with Gasteiger partial charge < -0.3 is 5.11 Å². The van der Waals surface area contributed by atoms with Gasteiger partial charge in [0.1, 0.15) is 0 Å². The van der Waals surface area contributed by atoms with Crippen molar-refractivity contribution in [3.8, 4) is 0 Å². The minimum atomic E-state index is -2.95. The smallest absolute Gasteiger partial charge is 0.153 e. The van der Waals surface area contributed by atoms with Gasteiger partial charge in [0.15, 0.2) is 9.84 Å². The average Bonchev–Trinajstić information content (AvgIpc) is 2.47. The quantitative estimate of drug-likeness (QED) is 0.690. The molecule has 3 nitrogen and oxygen atoms in total. The summed E-state index contributed by atoms with van der Waals surface area (Å²) in [5.74, 6) is 0.176. The molecule has 76 valence electrons. The molecule has 1 aliphatic carbocycles. The van der Waals surface area contributed by atoms with Gasteiger partial charge in [-0.2, -0.15) is 0 Å². The van der Waals surface area contributed by atoms with Gasteiger partial charge in [-0.15, -0.1) is 0 Å². The highest BCUT2D eigenvalue weighted by Gasteiger charge is 2.34. The van der Waals surface area contributed by atoms with Gasteiger partial charge in [0, 0.05) is 18.3 Å². The lowest BCUT2D eigenvalue weighted by molar-refractivity contribution is 0.249. The Kier molecular flexibility index (Phi) is 3.14. The molecule has 2 atom stereocenters. The van der Waals surface area contributed by atoms with Gasteiger partial charge in [-0.1, -0.05) is 19.1 Å². The van der Waals surface area contributed by atoms with E-state index in [9.17, 15) is 8.42 Å². The van der Waals surface area contributed by atoms with Gasteiger partial charge in [0.2, 0.25) is 0 Å². The highest BCUT2D eigenvalue weighted by Crippen LogP contribution is 2.34. The minimum absolute atomic E-state index is 0.00803. The van der Waals surface area contributed by atoms with Crippen LogP contribution in [0.5, 0.6) is 0 Å². The van der Waals surface area contributed by atoms with Crippen LogP contribution in [0, 0.1) is 5.92 Å². The fraction of sp³-hybridized carbons (Fsp3) is 0.778. The van der Waals surface area contributed by atoms with E-state index in [1.165, 1.54) is 0 Å². The predicted octanol–water partition coefficient (Wildman–Crippen LogP) is 0.748. The molecule has 0 aromatic carbocycles.